The van der Waals surface area contributed by atoms with Crippen LogP contribution in [0.5, 0.6) is 0 Å². The number of hydrogen-bond acceptors (Lipinski definition) is 5. The summed E-state index contributed by atoms with van der Waals surface area (Å²) < 4.78 is 101. The standard InChI is InChI=1S/C31H33F7N4O/c1-20(23-14-24(30(33,34)35)16-25(15-23)31(36,37)38)43-28-9-11-41(18-27(28)22-2-4-26(32)5-3-22)17-21-7-12-42(13-8-21)29-6-10-39-19-40-29/h2-6,10,14-16,19-21,27-28H,7-9,11-13,17-18H2,1H3/t20-,27-,28+/m1/s1. The molecule has 0 amide bonds. The van der Waals surface area contributed by atoms with Crippen molar-refractivity contribution in [3.8, 4) is 0 Å². The molecule has 1 aromatic heterocycles. The lowest BCUT2D eigenvalue weighted by molar-refractivity contribution is -0.143. The monoisotopic (exact) mass is 610 g/mol. The Morgan fingerprint density at radius 1 is 0.884 bits per heavy atom. The van der Waals surface area contributed by atoms with Crippen LogP contribution < -0.4 is 4.90 Å². The number of piperidine rings is 2. The van der Waals surface area contributed by atoms with Crippen LogP contribution >= 0.6 is 0 Å². The molecule has 0 aliphatic carbocycles. The molecule has 2 fully saturated rings. The Morgan fingerprint density at radius 2 is 1.53 bits per heavy atom. The number of alkyl halides is 6. The summed E-state index contributed by atoms with van der Waals surface area (Å²) in [5.74, 6) is 0.710. The second-order valence-corrected chi connectivity index (χ2v) is 11.4. The SMILES string of the molecule is C[C@@H](O[C@H]1CCN(CC2CCN(c3ccncn3)CC2)C[C@@H]1c1ccc(F)cc1)c1cc(C(F)(F)F)cc(C(F)(F)F)c1. The smallest absolute Gasteiger partial charge is 0.370 e. The van der Waals surface area contributed by atoms with Gasteiger partial charge in [0.2, 0.25) is 0 Å². The average Bonchev–Trinajstić information content (AvgIpc) is 2.98. The minimum atomic E-state index is -4.94. The quantitative estimate of drug-likeness (QED) is 0.259. The molecule has 0 radical (unpaired) electrons. The third-order valence-corrected chi connectivity index (χ3v) is 8.41. The molecule has 0 saturated carbocycles. The zero-order chi connectivity index (χ0) is 30.8. The van der Waals surface area contributed by atoms with E-state index in [1.54, 1.807) is 18.3 Å². The van der Waals surface area contributed by atoms with Crippen molar-refractivity contribution < 1.29 is 35.5 Å². The number of nitrogens with zero attached hydrogens (tertiary/aromatic N) is 4. The van der Waals surface area contributed by atoms with Crippen LogP contribution in [0.4, 0.5) is 36.6 Å². The van der Waals surface area contributed by atoms with Crippen LogP contribution in [-0.2, 0) is 17.1 Å². The largest absolute Gasteiger partial charge is 0.416 e. The Kier molecular flexibility index (Phi) is 9.26. The molecule has 5 rings (SSSR count). The lowest BCUT2D eigenvalue weighted by Crippen LogP contribution is -2.46. The topological polar surface area (TPSA) is 41.5 Å². The summed E-state index contributed by atoms with van der Waals surface area (Å²) in [6.45, 7) is 5.30. The van der Waals surface area contributed by atoms with Crippen molar-refractivity contribution in [3.63, 3.8) is 0 Å². The van der Waals surface area contributed by atoms with Gasteiger partial charge in [-0.15, -0.1) is 0 Å². The van der Waals surface area contributed by atoms with E-state index in [1.807, 2.05) is 6.07 Å². The number of halogens is 7. The molecule has 5 nitrogen and oxygen atoms in total. The van der Waals surface area contributed by atoms with Gasteiger partial charge in [-0.2, -0.15) is 26.3 Å². The molecule has 2 aromatic carbocycles. The first-order chi connectivity index (χ1) is 20.4. The molecule has 0 N–H and O–H groups in total. The summed E-state index contributed by atoms with van der Waals surface area (Å²) in [6, 6.07) is 9.47. The predicted octanol–water partition coefficient (Wildman–Crippen LogP) is 7.51. The molecule has 2 aliphatic rings. The highest BCUT2D eigenvalue weighted by atomic mass is 19.4. The number of likely N-dealkylation sites (tertiary alicyclic amines) is 1. The second kappa shape index (κ2) is 12.8. The summed E-state index contributed by atoms with van der Waals surface area (Å²) >= 11 is 0. The highest BCUT2D eigenvalue weighted by Crippen LogP contribution is 2.40. The van der Waals surface area contributed by atoms with Crippen molar-refractivity contribution in [3.05, 3.63) is 89.1 Å². The normalized spacial score (nSPS) is 21.6. The van der Waals surface area contributed by atoms with E-state index in [1.165, 1.54) is 25.4 Å². The molecule has 0 bridgehead atoms. The summed E-state index contributed by atoms with van der Waals surface area (Å²) in [7, 11) is 0. The number of rotatable bonds is 7. The van der Waals surface area contributed by atoms with Crippen LogP contribution in [0, 0.1) is 11.7 Å². The molecule has 2 saturated heterocycles. The van der Waals surface area contributed by atoms with Crippen LogP contribution in [0.3, 0.4) is 0 Å². The van der Waals surface area contributed by atoms with Gasteiger partial charge in [-0.25, -0.2) is 14.4 Å². The fourth-order valence-corrected chi connectivity index (χ4v) is 6.09. The molecule has 232 valence electrons. The molecule has 12 heteroatoms. The fraction of sp³-hybridized carbons (Fsp3) is 0.484. The minimum absolute atomic E-state index is 0.119. The number of ether oxygens (including phenoxy) is 1. The van der Waals surface area contributed by atoms with E-state index < -0.39 is 41.5 Å². The maximum atomic E-state index is 13.8. The van der Waals surface area contributed by atoms with Gasteiger partial charge in [0.25, 0.3) is 0 Å². The molecule has 3 heterocycles. The minimum Gasteiger partial charge on any atom is -0.370 e. The van der Waals surface area contributed by atoms with E-state index in [4.69, 9.17) is 4.74 Å². The van der Waals surface area contributed by atoms with E-state index in [2.05, 4.69) is 19.8 Å². The van der Waals surface area contributed by atoms with Gasteiger partial charge in [0.05, 0.1) is 23.3 Å². The van der Waals surface area contributed by atoms with Gasteiger partial charge in [-0.3, -0.25) is 0 Å². The Labute approximate surface area is 245 Å². The Balaban J connectivity index is 1.29. The van der Waals surface area contributed by atoms with Crippen LogP contribution in [0.1, 0.15) is 60.5 Å². The van der Waals surface area contributed by atoms with E-state index in [0.717, 1.165) is 56.0 Å². The van der Waals surface area contributed by atoms with E-state index >= 15 is 0 Å². The number of anilines is 1. The third kappa shape index (κ3) is 7.83. The van der Waals surface area contributed by atoms with Crippen molar-refractivity contribution in [1.82, 2.24) is 14.9 Å². The zero-order valence-corrected chi connectivity index (χ0v) is 23.6. The van der Waals surface area contributed by atoms with Crippen molar-refractivity contribution in [2.24, 2.45) is 5.92 Å². The maximum Gasteiger partial charge on any atom is 0.416 e. The van der Waals surface area contributed by atoms with E-state index in [0.29, 0.717) is 25.4 Å². The molecular weight excluding hydrogens is 577 g/mol. The van der Waals surface area contributed by atoms with Crippen LogP contribution in [0.15, 0.2) is 61.1 Å². The summed E-state index contributed by atoms with van der Waals surface area (Å²) in [6.07, 6.45) is -5.66. The first-order valence-electron chi connectivity index (χ1n) is 14.3. The lowest BCUT2D eigenvalue weighted by atomic mass is 9.86. The van der Waals surface area contributed by atoms with Gasteiger partial charge in [-0.1, -0.05) is 12.1 Å². The van der Waals surface area contributed by atoms with Crippen LogP contribution in [-0.4, -0.2) is 53.7 Å². The van der Waals surface area contributed by atoms with Gasteiger partial charge >= 0.3 is 12.4 Å². The van der Waals surface area contributed by atoms with E-state index in [-0.39, 0.29) is 17.5 Å². The number of hydrogen-bond donors (Lipinski definition) is 0. The van der Waals surface area contributed by atoms with Crippen molar-refractivity contribution in [2.45, 2.75) is 56.7 Å². The first kappa shape index (κ1) is 31.2. The molecule has 3 atom stereocenters. The van der Waals surface area contributed by atoms with Crippen molar-refractivity contribution in [2.75, 3.05) is 37.6 Å². The molecule has 2 aliphatic heterocycles. The van der Waals surface area contributed by atoms with E-state index in [9.17, 15) is 30.7 Å². The predicted molar refractivity (Wildman–Crippen MR) is 147 cm³/mol. The third-order valence-electron chi connectivity index (χ3n) is 8.41. The fourth-order valence-electron chi connectivity index (χ4n) is 6.09. The van der Waals surface area contributed by atoms with Gasteiger partial charge < -0.3 is 14.5 Å². The second-order valence-electron chi connectivity index (χ2n) is 11.4. The van der Waals surface area contributed by atoms with Gasteiger partial charge in [0.1, 0.15) is 18.0 Å². The Bertz CT molecular complexity index is 1310. The average molecular weight is 611 g/mol. The molecule has 3 aromatic rings. The van der Waals surface area contributed by atoms with Crippen molar-refractivity contribution >= 4 is 5.82 Å². The van der Waals surface area contributed by atoms with Gasteiger partial charge in [-0.05, 0) is 79.6 Å². The molecule has 43 heavy (non-hydrogen) atoms. The molecule has 0 unspecified atom stereocenters. The number of aromatic nitrogens is 2. The first-order valence-corrected chi connectivity index (χ1v) is 14.3. The van der Waals surface area contributed by atoms with Gasteiger partial charge in [0, 0.05) is 44.8 Å². The maximum absolute atomic E-state index is 13.8. The highest BCUT2D eigenvalue weighted by molar-refractivity contribution is 5.37. The summed E-state index contributed by atoms with van der Waals surface area (Å²) in [5, 5.41) is 0. The summed E-state index contributed by atoms with van der Waals surface area (Å²) in [5.41, 5.74) is -2.13. The Hall–Kier alpha value is -3.25. The lowest BCUT2D eigenvalue weighted by Gasteiger charge is -2.42. The molecule has 0 spiro atoms. The zero-order valence-electron chi connectivity index (χ0n) is 23.6. The molecular formula is C31H33F7N4O. The number of benzene rings is 2. The van der Waals surface area contributed by atoms with Crippen LogP contribution in [0.2, 0.25) is 0 Å². The van der Waals surface area contributed by atoms with Crippen molar-refractivity contribution in [1.29, 1.82) is 0 Å². The highest BCUT2D eigenvalue weighted by Gasteiger charge is 2.39. The van der Waals surface area contributed by atoms with Crippen LogP contribution in [0.25, 0.3) is 0 Å². The van der Waals surface area contributed by atoms with Gasteiger partial charge in [0.15, 0.2) is 0 Å². The summed E-state index contributed by atoms with van der Waals surface area (Å²) in [4.78, 5) is 12.9. The Morgan fingerprint density at radius 3 is 2.12 bits per heavy atom.